The van der Waals surface area contributed by atoms with Crippen LogP contribution in [0.2, 0.25) is 0 Å². The van der Waals surface area contributed by atoms with Crippen LogP contribution in [0.25, 0.3) is 0 Å². The van der Waals surface area contributed by atoms with E-state index in [1.165, 1.54) is 88.4 Å². The number of unbranched alkanes of at least 4 members (excludes halogenated alkanes) is 11. The van der Waals surface area contributed by atoms with Crippen LogP contribution in [0.1, 0.15) is 102 Å². The molecule has 1 N–H and O–H groups in total. The summed E-state index contributed by atoms with van der Waals surface area (Å²) < 4.78 is 0. The Bertz CT molecular complexity index is 426. The van der Waals surface area contributed by atoms with Gasteiger partial charge < -0.3 is 5.41 Å². The first-order valence-electron chi connectivity index (χ1n) is 9.83. The maximum absolute atomic E-state index is 7.92. The van der Waals surface area contributed by atoms with Crippen LogP contribution in [0.4, 0.5) is 0 Å². The molecule has 1 aromatic heterocycles. The van der Waals surface area contributed by atoms with Gasteiger partial charge in [0.15, 0.2) is 5.01 Å². The molecule has 24 heavy (non-hydrogen) atoms. The molecule has 1 aromatic rings. The van der Waals surface area contributed by atoms with Gasteiger partial charge in [-0.25, -0.2) is 0 Å². The maximum atomic E-state index is 7.92. The minimum absolute atomic E-state index is 0.648. The van der Waals surface area contributed by atoms with Gasteiger partial charge in [0, 0.05) is 0 Å². The standard InChI is InChI=1S/C20H35N3S/c1-2-3-4-5-6-7-8-9-10-11-12-13-14-15-16-17-19(21)20-23-22-18-24-20/h9-10,18,21H,2-8,11-17H2,1H3. The van der Waals surface area contributed by atoms with Crippen LogP contribution in [-0.2, 0) is 0 Å². The van der Waals surface area contributed by atoms with Crippen molar-refractivity contribution >= 4 is 17.0 Å². The first-order valence-corrected chi connectivity index (χ1v) is 10.7. The second-order valence-corrected chi connectivity index (χ2v) is 7.39. The second-order valence-electron chi connectivity index (χ2n) is 6.56. The first kappa shape index (κ1) is 21.0. The van der Waals surface area contributed by atoms with E-state index < -0.39 is 0 Å². The third kappa shape index (κ3) is 11.5. The Morgan fingerprint density at radius 1 is 0.917 bits per heavy atom. The number of nitrogens with zero attached hydrogens (tertiary/aromatic N) is 2. The summed E-state index contributed by atoms with van der Waals surface area (Å²) in [7, 11) is 0. The number of hydrogen-bond acceptors (Lipinski definition) is 4. The molecule has 0 spiro atoms. The summed E-state index contributed by atoms with van der Waals surface area (Å²) >= 11 is 1.46. The van der Waals surface area contributed by atoms with Crippen LogP contribution in [0, 0.1) is 5.41 Å². The highest BCUT2D eigenvalue weighted by atomic mass is 32.1. The molecule has 1 rings (SSSR count). The maximum Gasteiger partial charge on any atom is 0.161 e. The topological polar surface area (TPSA) is 49.6 Å². The summed E-state index contributed by atoms with van der Waals surface area (Å²) in [6, 6.07) is 0. The van der Waals surface area contributed by atoms with Crippen LogP contribution < -0.4 is 0 Å². The summed E-state index contributed by atoms with van der Waals surface area (Å²) in [6.07, 6.45) is 22.7. The van der Waals surface area contributed by atoms with Gasteiger partial charge in [0.25, 0.3) is 0 Å². The first-order chi connectivity index (χ1) is 11.8. The van der Waals surface area contributed by atoms with E-state index in [0.29, 0.717) is 5.71 Å². The number of allylic oxidation sites excluding steroid dienone is 2. The minimum atomic E-state index is 0.648. The summed E-state index contributed by atoms with van der Waals surface area (Å²) in [4.78, 5) is 0. The van der Waals surface area contributed by atoms with Crippen LogP contribution in [0.15, 0.2) is 17.7 Å². The molecule has 0 amide bonds. The Morgan fingerprint density at radius 3 is 2.08 bits per heavy atom. The van der Waals surface area contributed by atoms with Crippen LogP contribution in [0.5, 0.6) is 0 Å². The van der Waals surface area contributed by atoms with Crippen molar-refractivity contribution in [3.8, 4) is 0 Å². The molecule has 0 bridgehead atoms. The predicted molar refractivity (Wildman–Crippen MR) is 106 cm³/mol. The fourth-order valence-corrected chi connectivity index (χ4v) is 3.32. The Hall–Kier alpha value is -1.03. The monoisotopic (exact) mass is 349 g/mol. The van der Waals surface area contributed by atoms with Crippen molar-refractivity contribution in [3.63, 3.8) is 0 Å². The highest BCUT2D eigenvalue weighted by Gasteiger charge is 2.04. The smallest absolute Gasteiger partial charge is 0.161 e. The molecule has 0 aliphatic rings. The van der Waals surface area contributed by atoms with Gasteiger partial charge in [0.05, 0.1) is 5.71 Å². The van der Waals surface area contributed by atoms with E-state index in [1.807, 2.05) is 0 Å². The molecule has 0 fully saturated rings. The van der Waals surface area contributed by atoms with Gasteiger partial charge in [-0.1, -0.05) is 81.8 Å². The van der Waals surface area contributed by atoms with Gasteiger partial charge in [0.2, 0.25) is 0 Å². The molecule has 0 aliphatic carbocycles. The molecule has 0 saturated heterocycles. The normalized spacial score (nSPS) is 11.4. The second kappa shape index (κ2) is 15.5. The Morgan fingerprint density at radius 2 is 1.50 bits per heavy atom. The van der Waals surface area contributed by atoms with Gasteiger partial charge in [-0.2, -0.15) is 0 Å². The Kier molecular flexibility index (Phi) is 13.6. The third-order valence-electron chi connectivity index (χ3n) is 4.31. The summed E-state index contributed by atoms with van der Waals surface area (Å²) in [6.45, 7) is 2.27. The molecular weight excluding hydrogens is 314 g/mol. The van der Waals surface area contributed by atoms with Crippen molar-refractivity contribution in [2.45, 2.75) is 96.8 Å². The van der Waals surface area contributed by atoms with Crippen LogP contribution in [-0.4, -0.2) is 15.9 Å². The van der Waals surface area contributed by atoms with Crippen molar-refractivity contribution in [1.29, 1.82) is 5.41 Å². The summed E-state index contributed by atoms with van der Waals surface area (Å²) in [5.74, 6) is 0. The molecule has 0 atom stereocenters. The zero-order valence-electron chi connectivity index (χ0n) is 15.4. The fourth-order valence-electron chi connectivity index (χ4n) is 2.78. The Balaban J connectivity index is 1.80. The third-order valence-corrected chi connectivity index (χ3v) is 5.06. The molecule has 0 radical (unpaired) electrons. The average molecular weight is 350 g/mol. The molecule has 3 nitrogen and oxygen atoms in total. The van der Waals surface area contributed by atoms with Crippen molar-refractivity contribution in [3.05, 3.63) is 22.7 Å². The fraction of sp³-hybridized carbons (Fsp3) is 0.750. The van der Waals surface area contributed by atoms with Gasteiger partial charge >= 0.3 is 0 Å². The van der Waals surface area contributed by atoms with Crippen LogP contribution >= 0.6 is 11.3 Å². The van der Waals surface area contributed by atoms with Crippen molar-refractivity contribution in [2.75, 3.05) is 0 Å². The lowest BCUT2D eigenvalue weighted by molar-refractivity contribution is 0.609. The molecule has 0 unspecified atom stereocenters. The lowest BCUT2D eigenvalue weighted by atomic mass is 10.1. The van der Waals surface area contributed by atoms with Crippen molar-refractivity contribution in [2.24, 2.45) is 0 Å². The molecular formula is C20H35N3S. The zero-order valence-corrected chi connectivity index (χ0v) is 16.3. The van der Waals surface area contributed by atoms with E-state index in [2.05, 4.69) is 29.3 Å². The minimum Gasteiger partial charge on any atom is -0.302 e. The molecule has 4 heteroatoms. The molecule has 0 aromatic carbocycles. The van der Waals surface area contributed by atoms with E-state index in [1.54, 1.807) is 5.51 Å². The zero-order chi connectivity index (χ0) is 17.3. The van der Waals surface area contributed by atoms with Gasteiger partial charge in [-0.3, -0.25) is 0 Å². The van der Waals surface area contributed by atoms with E-state index in [9.17, 15) is 0 Å². The van der Waals surface area contributed by atoms with Crippen molar-refractivity contribution < 1.29 is 0 Å². The van der Waals surface area contributed by atoms with Gasteiger partial charge in [0.1, 0.15) is 5.51 Å². The van der Waals surface area contributed by atoms with E-state index in [-0.39, 0.29) is 0 Å². The van der Waals surface area contributed by atoms with Gasteiger partial charge in [-0.15, -0.1) is 10.2 Å². The average Bonchev–Trinajstić information content (AvgIpc) is 3.13. The van der Waals surface area contributed by atoms with Gasteiger partial charge in [-0.05, 0) is 38.5 Å². The lowest BCUT2D eigenvalue weighted by Gasteiger charge is -2.01. The molecule has 136 valence electrons. The molecule has 1 heterocycles. The highest BCUT2D eigenvalue weighted by molar-refractivity contribution is 7.11. The quantitative estimate of drug-likeness (QED) is 0.199. The lowest BCUT2D eigenvalue weighted by Crippen LogP contribution is -1.98. The van der Waals surface area contributed by atoms with Crippen LogP contribution in [0.3, 0.4) is 0 Å². The molecule has 0 saturated carbocycles. The highest BCUT2D eigenvalue weighted by Crippen LogP contribution is 2.12. The van der Waals surface area contributed by atoms with E-state index in [4.69, 9.17) is 5.41 Å². The number of rotatable bonds is 16. The van der Waals surface area contributed by atoms with E-state index in [0.717, 1.165) is 17.8 Å². The number of hydrogen-bond donors (Lipinski definition) is 1. The SMILES string of the molecule is CCCCCCCCC=CCCCCCCCC(=N)c1nncs1. The Labute approximate surface area is 152 Å². The summed E-state index contributed by atoms with van der Waals surface area (Å²) in [5, 5.41) is 16.4. The van der Waals surface area contributed by atoms with Crippen molar-refractivity contribution in [1.82, 2.24) is 10.2 Å². The summed E-state index contributed by atoms with van der Waals surface area (Å²) in [5.41, 5.74) is 2.35. The molecule has 0 aliphatic heterocycles. The largest absolute Gasteiger partial charge is 0.302 e. The predicted octanol–water partition coefficient (Wildman–Crippen LogP) is 6.94. The number of nitrogens with one attached hydrogen (secondary N) is 1. The van der Waals surface area contributed by atoms with E-state index >= 15 is 0 Å². The number of aromatic nitrogens is 2.